The van der Waals surface area contributed by atoms with Gasteiger partial charge in [-0.05, 0) is 30.7 Å². The zero-order valence-electron chi connectivity index (χ0n) is 15.9. The quantitative estimate of drug-likeness (QED) is 0.632. The molecule has 1 saturated heterocycles. The van der Waals surface area contributed by atoms with Crippen LogP contribution in [0.4, 0.5) is 18.9 Å². The molecule has 0 aromatic heterocycles. The first-order valence-electron chi connectivity index (χ1n) is 9.16. The predicted octanol–water partition coefficient (Wildman–Crippen LogP) is 4.94. The topological polar surface area (TPSA) is 49.7 Å². The number of nitrogens with zero attached hydrogens (tertiary/aromatic N) is 2. The number of hydrogen-bond donors (Lipinski definition) is 0. The summed E-state index contributed by atoms with van der Waals surface area (Å²) in [5.74, 6) is 0.279. The highest BCUT2D eigenvalue weighted by Gasteiger charge is 2.48. The smallest absolute Gasteiger partial charge is 0.313 e. The summed E-state index contributed by atoms with van der Waals surface area (Å²) in [6, 6.07) is 9.91. The Morgan fingerprint density at radius 1 is 1.20 bits per heavy atom. The molecule has 0 aliphatic carbocycles. The first kappa shape index (κ1) is 21.5. The third kappa shape index (κ3) is 4.33. The number of alkyl halides is 3. The van der Waals surface area contributed by atoms with Crippen molar-refractivity contribution in [3.63, 3.8) is 0 Å². The number of halogens is 4. The van der Waals surface area contributed by atoms with Crippen LogP contribution in [-0.4, -0.2) is 37.2 Å². The molecule has 0 N–H and O–H groups in total. The number of anilines is 1. The van der Waals surface area contributed by atoms with Crippen molar-refractivity contribution in [2.75, 3.05) is 16.4 Å². The fourth-order valence-corrected chi connectivity index (χ4v) is 6.85. The lowest BCUT2D eigenvalue weighted by Gasteiger charge is -2.28. The summed E-state index contributed by atoms with van der Waals surface area (Å²) < 4.78 is 64.1. The first-order valence-corrected chi connectivity index (χ1v) is 12.3. The highest BCUT2D eigenvalue weighted by atomic mass is 35.5. The van der Waals surface area contributed by atoms with Gasteiger partial charge in [-0.2, -0.15) is 13.2 Å². The van der Waals surface area contributed by atoms with Gasteiger partial charge in [0, 0.05) is 5.75 Å². The van der Waals surface area contributed by atoms with Crippen LogP contribution in [0.15, 0.2) is 47.5 Å². The summed E-state index contributed by atoms with van der Waals surface area (Å²) in [6.07, 6.45) is -4.54. The van der Waals surface area contributed by atoms with E-state index in [1.165, 1.54) is 17.8 Å². The Kier molecular flexibility index (Phi) is 5.57. The third-order valence-corrected chi connectivity index (χ3v) is 8.15. The normalized spacial score (nSPS) is 22.8. The molecule has 0 bridgehead atoms. The second-order valence-corrected chi connectivity index (χ2v) is 10.9. The molecular weight excluding hydrogens is 457 g/mol. The Morgan fingerprint density at radius 3 is 2.67 bits per heavy atom. The number of amidine groups is 1. The molecule has 0 radical (unpaired) electrons. The number of benzene rings is 2. The molecular formula is C20H18ClF3N2O2S2. The van der Waals surface area contributed by atoms with Crippen LogP contribution in [0.1, 0.15) is 16.7 Å². The van der Waals surface area contributed by atoms with Gasteiger partial charge in [0.25, 0.3) is 0 Å². The van der Waals surface area contributed by atoms with E-state index in [2.05, 4.69) is 4.99 Å². The van der Waals surface area contributed by atoms with Crippen molar-refractivity contribution in [3.05, 3.63) is 64.2 Å². The largest absolute Gasteiger partial charge is 0.416 e. The van der Waals surface area contributed by atoms with Gasteiger partial charge >= 0.3 is 6.18 Å². The highest BCUT2D eigenvalue weighted by molar-refractivity contribution is 8.13. The average Bonchev–Trinajstić information content (AvgIpc) is 3.11. The molecule has 10 heteroatoms. The van der Waals surface area contributed by atoms with Gasteiger partial charge in [0.05, 0.1) is 39.9 Å². The third-order valence-electron chi connectivity index (χ3n) is 5.09. The lowest BCUT2D eigenvalue weighted by molar-refractivity contribution is -0.137. The van der Waals surface area contributed by atoms with Crippen LogP contribution >= 0.6 is 23.4 Å². The summed E-state index contributed by atoms with van der Waals surface area (Å²) in [5.41, 5.74) is 1.44. The molecule has 4 nitrogen and oxygen atoms in total. The fraction of sp³-hybridized carbons (Fsp3) is 0.350. The number of thioether (sulfide) groups is 1. The van der Waals surface area contributed by atoms with Crippen molar-refractivity contribution in [2.24, 2.45) is 4.99 Å². The molecule has 2 aromatic rings. The monoisotopic (exact) mass is 474 g/mol. The summed E-state index contributed by atoms with van der Waals surface area (Å²) >= 11 is 7.64. The van der Waals surface area contributed by atoms with E-state index < -0.39 is 33.7 Å². The van der Waals surface area contributed by atoms with E-state index >= 15 is 0 Å². The van der Waals surface area contributed by atoms with Gasteiger partial charge in [-0.25, -0.2) is 8.42 Å². The van der Waals surface area contributed by atoms with Gasteiger partial charge < -0.3 is 4.90 Å². The number of aryl methyl sites for hydroxylation is 1. The molecule has 2 aromatic carbocycles. The van der Waals surface area contributed by atoms with Gasteiger partial charge in [0.1, 0.15) is 0 Å². The molecule has 2 aliphatic heterocycles. The van der Waals surface area contributed by atoms with Crippen LogP contribution in [0.5, 0.6) is 0 Å². The van der Waals surface area contributed by atoms with E-state index in [-0.39, 0.29) is 22.2 Å². The maximum atomic E-state index is 13.3. The Hall–Kier alpha value is -1.71. The van der Waals surface area contributed by atoms with Crippen LogP contribution in [0.2, 0.25) is 5.02 Å². The van der Waals surface area contributed by atoms with Crippen LogP contribution in [0, 0.1) is 6.92 Å². The molecule has 0 saturated carbocycles. The van der Waals surface area contributed by atoms with Crippen LogP contribution in [-0.2, 0) is 21.8 Å². The molecule has 30 heavy (non-hydrogen) atoms. The summed E-state index contributed by atoms with van der Waals surface area (Å²) in [6.45, 7) is 1.98. The van der Waals surface area contributed by atoms with Gasteiger partial charge in [0.2, 0.25) is 0 Å². The molecule has 4 rings (SSSR count). The number of fused-ring (bicyclic) bond motifs is 1. The van der Waals surface area contributed by atoms with Crippen LogP contribution < -0.4 is 4.90 Å². The van der Waals surface area contributed by atoms with Crippen molar-refractivity contribution in [1.82, 2.24) is 0 Å². The van der Waals surface area contributed by atoms with E-state index in [1.807, 2.05) is 31.2 Å². The van der Waals surface area contributed by atoms with Crippen molar-refractivity contribution in [1.29, 1.82) is 0 Å². The Bertz CT molecular complexity index is 1120. The van der Waals surface area contributed by atoms with E-state index in [1.54, 1.807) is 4.90 Å². The van der Waals surface area contributed by atoms with E-state index in [4.69, 9.17) is 11.6 Å². The number of sulfone groups is 1. The Morgan fingerprint density at radius 2 is 1.97 bits per heavy atom. The van der Waals surface area contributed by atoms with Gasteiger partial charge in [-0.1, -0.05) is 53.2 Å². The Labute approximate surface area is 182 Å². The maximum absolute atomic E-state index is 13.3. The van der Waals surface area contributed by atoms with E-state index in [0.717, 1.165) is 23.3 Å². The SMILES string of the molecule is Cc1cccc(CSC2=N[C@H]3CS(=O)(=O)C[C@H]3N2c2cc(C(F)(F)F)ccc2Cl)c1. The van der Waals surface area contributed by atoms with Crippen molar-refractivity contribution in [2.45, 2.75) is 30.9 Å². The zero-order chi connectivity index (χ0) is 21.7. The number of rotatable bonds is 3. The summed E-state index contributed by atoms with van der Waals surface area (Å²) in [7, 11) is -3.32. The Balaban J connectivity index is 1.70. The summed E-state index contributed by atoms with van der Waals surface area (Å²) in [4.78, 5) is 6.14. The molecule has 0 amide bonds. The highest BCUT2D eigenvalue weighted by Crippen LogP contribution is 2.41. The van der Waals surface area contributed by atoms with Crippen LogP contribution in [0.25, 0.3) is 0 Å². The van der Waals surface area contributed by atoms with Gasteiger partial charge in [0.15, 0.2) is 15.0 Å². The molecule has 2 aliphatic rings. The molecule has 0 unspecified atom stereocenters. The lowest BCUT2D eigenvalue weighted by atomic mass is 10.1. The minimum absolute atomic E-state index is 0.112. The molecule has 2 atom stereocenters. The predicted molar refractivity (Wildman–Crippen MR) is 115 cm³/mol. The average molecular weight is 475 g/mol. The van der Waals surface area contributed by atoms with Crippen LogP contribution in [0.3, 0.4) is 0 Å². The van der Waals surface area contributed by atoms with Gasteiger partial charge in [-0.15, -0.1) is 0 Å². The molecule has 0 spiro atoms. The number of aliphatic imine (C=N–C) groups is 1. The van der Waals surface area contributed by atoms with Crippen molar-refractivity contribution >= 4 is 44.1 Å². The molecule has 160 valence electrons. The minimum Gasteiger partial charge on any atom is -0.313 e. The van der Waals surface area contributed by atoms with Crippen molar-refractivity contribution < 1.29 is 21.6 Å². The minimum atomic E-state index is -4.54. The van der Waals surface area contributed by atoms with E-state index in [9.17, 15) is 21.6 Å². The molecule has 2 heterocycles. The standard InChI is InChI=1S/C20H18ClF3N2O2S2/c1-12-3-2-4-13(7-12)9-29-19-25-16-10-30(27,28)11-18(16)26(19)17-8-14(20(22,23)24)5-6-15(17)21/h2-8,16,18H,9-11H2,1H3/t16-,18+/m0/s1. The van der Waals surface area contributed by atoms with E-state index in [0.29, 0.717) is 10.9 Å². The second kappa shape index (κ2) is 7.76. The fourth-order valence-electron chi connectivity index (χ4n) is 3.74. The summed E-state index contributed by atoms with van der Waals surface area (Å²) in [5, 5.41) is 0.611. The first-order chi connectivity index (χ1) is 14.0. The number of hydrogen-bond acceptors (Lipinski definition) is 5. The zero-order valence-corrected chi connectivity index (χ0v) is 18.2. The maximum Gasteiger partial charge on any atom is 0.416 e. The van der Waals surface area contributed by atoms with Crippen molar-refractivity contribution in [3.8, 4) is 0 Å². The van der Waals surface area contributed by atoms with Gasteiger partial charge in [-0.3, -0.25) is 4.99 Å². The lowest BCUT2D eigenvalue weighted by Crippen LogP contribution is -2.39. The molecule has 1 fully saturated rings. The second-order valence-electron chi connectivity index (χ2n) is 7.43.